The highest BCUT2D eigenvalue weighted by Crippen LogP contribution is 2.14. The van der Waals surface area contributed by atoms with Crippen molar-refractivity contribution in [1.82, 2.24) is 15.3 Å². The summed E-state index contributed by atoms with van der Waals surface area (Å²) in [5.74, 6) is 1.01. The van der Waals surface area contributed by atoms with Gasteiger partial charge in [-0.3, -0.25) is 0 Å². The highest BCUT2D eigenvalue weighted by molar-refractivity contribution is 5.16. The summed E-state index contributed by atoms with van der Waals surface area (Å²) in [4.78, 5) is 7.86. The minimum atomic E-state index is 0.129. The average Bonchev–Trinajstić information content (AvgIpc) is 2.56. The van der Waals surface area contributed by atoms with Gasteiger partial charge >= 0.3 is 0 Å². The molecule has 0 bridgehead atoms. The molecular formula is C11H19N3O. The Labute approximate surface area is 90.4 Å². The van der Waals surface area contributed by atoms with Gasteiger partial charge in [0.2, 0.25) is 0 Å². The molecule has 84 valence electrons. The summed E-state index contributed by atoms with van der Waals surface area (Å²) in [5, 5.41) is 3.41. The van der Waals surface area contributed by atoms with Crippen molar-refractivity contribution >= 4 is 0 Å². The molecule has 0 amide bonds. The van der Waals surface area contributed by atoms with Crippen LogP contribution in [0.5, 0.6) is 0 Å². The van der Waals surface area contributed by atoms with Crippen molar-refractivity contribution in [2.75, 3.05) is 6.61 Å². The highest BCUT2D eigenvalue weighted by atomic mass is 16.5. The van der Waals surface area contributed by atoms with Crippen LogP contribution in [-0.2, 0) is 24.3 Å². The summed E-state index contributed by atoms with van der Waals surface area (Å²) in [6.45, 7) is 8.72. The van der Waals surface area contributed by atoms with Crippen molar-refractivity contribution in [2.24, 2.45) is 0 Å². The molecule has 1 aliphatic heterocycles. The third-order valence-corrected chi connectivity index (χ3v) is 2.43. The van der Waals surface area contributed by atoms with Gasteiger partial charge in [0.15, 0.2) is 0 Å². The predicted molar refractivity (Wildman–Crippen MR) is 58.5 cm³/mol. The van der Waals surface area contributed by atoms with E-state index in [0.29, 0.717) is 6.61 Å². The quantitative estimate of drug-likeness (QED) is 0.773. The average molecular weight is 209 g/mol. The minimum absolute atomic E-state index is 0.129. The molecule has 2 rings (SSSR count). The number of aromatic amines is 1. The number of aromatic nitrogens is 2. The number of H-pyrrole nitrogens is 1. The van der Waals surface area contributed by atoms with Crippen molar-refractivity contribution in [2.45, 2.75) is 45.9 Å². The van der Waals surface area contributed by atoms with E-state index in [1.165, 1.54) is 5.69 Å². The number of ether oxygens (including phenoxy) is 1. The molecule has 4 nitrogen and oxygen atoms in total. The molecule has 0 fully saturated rings. The molecule has 0 spiro atoms. The van der Waals surface area contributed by atoms with Crippen LogP contribution in [0.25, 0.3) is 0 Å². The molecule has 2 N–H and O–H groups in total. The Morgan fingerprint density at radius 2 is 2.27 bits per heavy atom. The molecular weight excluding hydrogens is 190 g/mol. The van der Waals surface area contributed by atoms with Gasteiger partial charge in [0.25, 0.3) is 0 Å². The third-order valence-electron chi connectivity index (χ3n) is 2.43. The van der Waals surface area contributed by atoms with E-state index in [-0.39, 0.29) is 5.54 Å². The van der Waals surface area contributed by atoms with E-state index < -0.39 is 0 Å². The summed E-state index contributed by atoms with van der Waals surface area (Å²) >= 11 is 0. The van der Waals surface area contributed by atoms with Crippen LogP contribution in [0.2, 0.25) is 0 Å². The van der Waals surface area contributed by atoms with Gasteiger partial charge in [-0.15, -0.1) is 0 Å². The number of nitrogens with one attached hydrogen (secondary N) is 2. The maximum atomic E-state index is 5.36. The summed E-state index contributed by atoms with van der Waals surface area (Å²) in [5.41, 5.74) is 2.45. The number of hydrogen-bond acceptors (Lipinski definition) is 3. The Morgan fingerprint density at radius 1 is 1.47 bits per heavy atom. The molecule has 1 aromatic rings. The van der Waals surface area contributed by atoms with Crippen LogP contribution in [0.4, 0.5) is 0 Å². The van der Waals surface area contributed by atoms with Gasteiger partial charge in [-0.05, 0) is 20.8 Å². The molecule has 0 saturated heterocycles. The number of nitrogens with zero attached hydrogens (tertiary/aromatic N) is 1. The van der Waals surface area contributed by atoms with Crippen molar-refractivity contribution in [3.8, 4) is 0 Å². The Balaban J connectivity index is 2.01. The second-order valence-electron chi connectivity index (χ2n) is 5.01. The van der Waals surface area contributed by atoms with Crippen LogP contribution in [0, 0.1) is 0 Å². The SMILES string of the molecule is CC(C)(C)NCc1nc2c([nH]1)COCC2. The minimum Gasteiger partial charge on any atom is -0.375 e. The molecule has 0 saturated carbocycles. The smallest absolute Gasteiger partial charge is 0.120 e. The first-order valence-corrected chi connectivity index (χ1v) is 5.44. The zero-order valence-corrected chi connectivity index (χ0v) is 9.68. The van der Waals surface area contributed by atoms with Crippen molar-refractivity contribution in [3.05, 3.63) is 17.2 Å². The van der Waals surface area contributed by atoms with Gasteiger partial charge in [0.05, 0.1) is 31.1 Å². The van der Waals surface area contributed by atoms with Crippen LogP contribution in [0.15, 0.2) is 0 Å². The van der Waals surface area contributed by atoms with Crippen molar-refractivity contribution in [1.29, 1.82) is 0 Å². The first-order chi connectivity index (χ1) is 7.04. The van der Waals surface area contributed by atoms with Crippen LogP contribution in [-0.4, -0.2) is 22.1 Å². The number of rotatable bonds is 2. The Hall–Kier alpha value is -0.870. The van der Waals surface area contributed by atoms with Crippen LogP contribution in [0.1, 0.15) is 38.0 Å². The fourth-order valence-corrected chi connectivity index (χ4v) is 1.61. The summed E-state index contributed by atoms with van der Waals surface area (Å²) in [6, 6.07) is 0. The van der Waals surface area contributed by atoms with Crippen LogP contribution < -0.4 is 5.32 Å². The normalized spacial score (nSPS) is 16.5. The fourth-order valence-electron chi connectivity index (χ4n) is 1.61. The van der Waals surface area contributed by atoms with E-state index in [1.807, 2.05) is 0 Å². The lowest BCUT2D eigenvalue weighted by molar-refractivity contribution is 0.107. The monoisotopic (exact) mass is 209 g/mol. The summed E-state index contributed by atoms with van der Waals surface area (Å²) in [6.07, 6.45) is 0.932. The van der Waals surface area contributed by atoms with E-state index >= 15 is 0 Å². The number of fused-ring (bicyclic) bond motifs is 1. The second-order valence-corrected chi connectivity index (χ2v) is 5.01. The Bertz CT molecular complexity index is 315. The molecule has 15 heavy (non-hydrogen) atoms. The highest BCUT2D eigenvalue weighted by Gasteiger charge is 2.15. The topological polar surface area (TPSA) is 49.9 Å². The van der Waals surface area contributed by atoms with Crippen LogP contribution >= 0.6 is 0 Å². The zero-order valence-electron chi connectivity index (χ0n) is 9.68. The van der Waals surface area contributed by atoms with E-state index in [9.17, 15) is 0 Å². The molecule has 1 aliphatic rings. The molecule has 0 aromatic carbocycles. The van der Waals surface area contributed by atoms with Crippen molar-refractivity contribution in [3.63, 3.8) is 0 Å². The molecule has 4 heteroatoms. The first kappa shape index (κ1) is 10.6. The molecule has 1 aromatic heterocycles. The Morgan fingerprint density at radius 3 is 2.93 bits per heavy atom. The maximum Gasteiger partial charge on any atom is 0.120 e. The third kappa shape index (κ3) is 2.79. The van der Waals surface area contributed by atoms with E-state index in [4.69, 9.17) is 4.74 Å². The van der Waals surface area contributed by atoms with Gasteiger partial charge in [-0.1, -0.05) is 0 Å². The van der Waals surface area contributed by atoms with Gasteiger partial charge < -0.3 is 15.0 Å². The largest absolute Gasteiger partial charge is 0.375 e. The van der Waals surface area contributed by atoms with Crippen LogP contribution in [0.3, 0.4) is 0 Å². The lowest BCUT2D eigenvalue weighted by atomic mass is 10.1. The summed E-state index contributed by atoms with van der Waals surface area (Å²) < 4.78 is 5.36. The molecule has 2 heterocycles. The Kier molecular flexibility index (Phi) is 2.80. The molecule has 0 atom stereocenters. The number of imidazole rings is 1. The summed E-state index contributed by atoms with van der Waals surface area (Å²) in [7, 11) is 0. The van der Waals surface area contributed by atoms with E-state index in [0.717, 1.165) is 31.1 Å². The van der Waals surface area contributed by atoms with Gasteiger partial charge in [0, 0.05) is 12.0 Å². The molecule has 0 radical (unpaired) electrons. The van der Waals surface area contributed by atoms with Gasteiger partial charge in [0.1, 0.15) is 5.82 Å². The lowest BCUT2D eigenvalue weighted by Crippen LogP contribution is -2.35. The first-order valence-electron chi connectivity index (χ1n) is 5.44. The number of hydrogen-bond donors (Lipinski definition) is 2. The second kappa shape index (κ2) is 3.94. The lowest BCUT2D eigenvalue weighted by Gasteiger charge is -2.19. The molecule has 0 aliphatic carbocycles. The fraction of sp³-hybridized carbons (Fsp3) is 0.727. The predicted octanol–water partition coefficient (Wildman–Crippen LogP) is 1.37. The molecule has 0 unspecified atom stereocenters. The van der Waals surface area contributed by atoms with Gasteiger partial charge in [-0.25, -0.2) is 4.98 Å². The maximum absolute atomic E-state index is 5.36. The van der Waals surface area contributed by atoms with Gasteiger partial charge in [-0.2, -0.15) is 0 Å². The zero-order chi connectivity index (χ0) is 10.9. The van der Waals surface area contributed by atoms with E-state index in [2.05, 4.69) is 36.1 Å². The van der Waals surface area contributed by atoms with E-state index in [1.54, 1.807) is 0 Å². The van der Waals surface area contributed by atoms with Crippen molar-refractivity contribution < 1.29 is 4.74 Å². The standard InChI is InChI=1S/C11H19N3O/c1-11(2,3)12-6-10-13-8-4-5-15-7-9(8)14-10/h12H,4-7H2,1-3H3,(H,13,14).